The van der Waals surface area contributed by atoms with Gasteiger partial charge in [-0.15, -0.1) is 0 Å². The topological polar surface area (TPSA) is 135 Å². The number of amides is 2. The molecule has 10 nitrogen and oxygen atoms in total. The lowest BCUT2D eigenvalue weighted by Crippen LogP contribution is -2.52. The van der Waals surface area contributed by atoms with Crippen LogP contribution in [0.25, 0.3) is 11.1 Å². The van der Waals surface area contributed by atoms with Gasteiger partial charge in [0.05, 0.1) is 12.3 Å². The molecule has 218 valence electrons. The van der Waals surface area contributed by atoms with Crippen molar-refractivity contribution in [3.63, 3.8) is 0 Å². The third kappa shape index (κ3) is 4.80. The molecular formula is C30H30F2N6O4. The van der Waals surface area contributed by atoms with Crippen LogP contribution < -0.4 is 15.4 Å². The molecule has 1 fully saturated rings. The third-order valence-corrected chi connectivity index (χ3v) is 8.20. The summed E-state index contributed by atoms with van der Waals surface area (Å²) in [6, 6.07) is 8.13. The second kappa shape index (κ2) is 10.3. The molecule has 1 spiro atoms. The molecule has 2 aromatic heterocycles. The monoisotopic (exact) mass is 576 g/mol. The van der Waals surface area contributed by atoms with E-state index in [0.717, 1.165) is 34.6 Å². The van der Waals surface area contributed by atoms with Crippen LogP contribution in [-0.4, -0.2) is 45.0 Å². The molecule has 42 heavy (non-hydrogen) atoms. The number of aromatic nitrogens is 4. The Morgan fingerprint density at radius 2 is 1.79 bits per heavy atom. The number of hydrogen-bond acceptors (Lipinski definition) is 7. The van der Waals surface area contributed by atoms with Crippen molar-refractivity contribution >= 4 is 17.5 Å². The van der Waals surface area contributed by atoms with Gasteiger partial charge in [-0.1, -0.05) is 31.1 Å². The number of aryl methyl sites for hydroxylation is 2. The van der Waals surface area contributed by atoms with Gasteiger partial charge in [0.2, 0.25) is 5.91 Å². The summed E-state index contributed by atoms with van der Waals surface area (Å²) in [5.41, 5.74) is 4.26. The summed E-state index contributed by atoms with van der Waals surface area (Å²) < 4.78 is 39.3. The molecule has 3 N–H and O–H groups in total. The van der Waals surface area contributed by atoms with Crippen LogP contribution in [0.2, 0.25) is 0 Å². The molecule has 1 aliphatic heterocycles. The lowest BCUT2D eigenvalue weighted by Gasteiger charge is -2.38. The SMILES string of the molecule is Cc1n[nH]c(C)c1-c1ccc(NC(=O)[C@@H](NC(=O)c2nonc2C(C)C)C2c3cc(F)c(F)cc3OCC23CC3)cc1. The number of carbonyl (C=O) groups excluding carboxylic acids is 2. The Hall–Kier alpha value is -4.61. The molecule has 2 amide bonds. The fourth-order valence-corrected chi connectivity index (χ4v) is 5.86. The first-order chi connectivity index (χ1) is 20.1. The third-order valence-electron chi connectivity index (χ3n) is 8.20. The summed E-state index contributed by atoms with van der Waals surface area (Å²) in [6.45, 7) is 7.71. The minimum atomic E-state index is -1.18. The summed E-state index contributed by atoms with van der Waals surface area (Å²) in [5.74, 6) is -4.02. The molecule has 2 aliphatic rings. The zero-order chi connectivity index (χ0) is 29.8. The average molecular weight is 577 g/mol. The molecule has 1 unspecified atom stereocenters. The van der Waals surface area contributed by atoms with Crippen molar-refractivity contribution in [1.82, 2.24) is 25.8 Å². The number of halogens is 2. The summed E-state index contributed by atoms with van der Waals surface area (Å²) in [7, 11) is 0. The molecule has 6 rings (SSSR count). The Labute approximate surface area is 240 Å². The van der Waals surface area contributed by atoms with Gasteiger partial charge in [-0.2, -0.15) is 5.10 Å². The van der Waals surface area contributed by atoms with Crippen LogP contribution in [0.3, 0.4) is 0 Å². The van der Waals surface area contributed by atoms with E-state index in [1.807, 2.05) is 39.8 Å². The van der Waals surface area contributed by atoms with Crippen LogP contribution in [0.1, 0.15) is 71.7 Å². The number of hydrogen-bond donors (Lipinski definition) is 3. The molecule has 3 heterocycles. The van der Waals surface area contributed by atoms with Crippen molar-refractivity contribution in [1.29, 1.82) is 0 Å². The second-order valence-electron chi connectivity index (χ2n) is 11.4. The molecule has 0 radical (unpaired) electrons. The molecule has 0 bridgehead atoms. The van der Waals surface area contributed by atoms with Crippen LogP contribution in [0, 0.1) is 30.9 Å². The van der Waals surface area contributed by atoms with Gasteiger partial charge < -0.3 is 15.4 Å². The zero-order valence-electron chi connectivity index (χ0n) is 23.5. The largest absolute Gasteiger partial charge is 0.493 e. The van der Waals surface area contributed by atoms with Gasteiger partial charge in [0.25, 0.3) is 5.91 Å². The van der Waals surface area contributed by atoms with E-state index in [9.17, 15) is 18.4 Å². The van der Waals surface area contributed by atoms with Gasteiger partial charge in [0, 0.05) is 45.8 Å². The lowest BCUT2D eigenvalue weighted by atomic mass is 9.75. The summed E-state index contributed by atoms with van der Waals surface area (Å²) >= 11 is 0. The maximum atomic E-state index is 14.5. The second-order valence-corrected chi connectivity index (χ2v) is 11.4. The van der Waals surface area contributed by atoms with Gasteiger partial charge in [0.1, 0.15) is 17.5 Å². The molecule has 1 aliphatic carbocycles. The zero-order valence-corrected chi connectivity index (χ0v) is 23.5. The average Bonchev–Trinajstić information content (AvgIpc) is 3.38. The fraction of sp³-hybridized carbons (Fsp3) is 0.367. The molecule has 2 atom stereocenters. The molecule has 4 aromatic rings. The number of fused-ring (bicyclic) bond motifs is 1. The molecule has 12 heteroatoms. The van der Waals surface area contributed by atoms with Gasteiger partial charge >= 0.3 is 0 Å². The standard InChI is InChI=1S/C30H30F2N6O4/c1-14(2)25-27(38-42-37-25)29(40)34-26(24-19-11-20(31)21(32)12-22(19)41-13-30(24)9-10-30)28(39)33-18-7-5-17(6-8-18)23-15(3)35-36-16(23)4/h5-8,11-12,14,24,26H,9-10,13H2,1-4H3,(H,33,39)(H,34,40)(H,35,36)/t24?,26-/m0/s1. The quantitative estimate of drug-likeness (QED) is 0.276. The lowest BCUT2D eigenvalue weighted by molar-refractivity contribution is -0.119. The van der Waals surface area contributed by atoms with Crippen molar-refractivity contribution in [3.05, 3.63) is 76.4 Å². The number of rotatable bonds is 7. The van der Waals surface area contributed by atoms with Gasteiger partial charge in [-0.25, -0.2) is 13.4 Å². The highest BCUT2D eigenvalue weighted by molar-refractivity contribution is 6.01. The Morgan fingerprint density at radius 1 is 1.07 bits per heavy atom. The normalized spacial score (nSPS) is 17.5. The first kappa shape index (κ1) is 27.6. The Morgan fingerprint density at radius 3 is 2.43 bits per heavy atom. The van der Waals surface area contributed by atoms with E-state index in [4.69, 9.17) is 9.37 Å². The van der Waals surface area contributed by atoms with Gasteiger partial charge in [-0.3, -0.25) is 14.7 Å². The fourth-order valence-electron chi connectivity index (χ4n) is 5.86. The maximum absolute atomic E-state index is 14.5. The maximum Gasteiger partial charge on any atom is 0.276 e. The molecule has 2 aromatic carbocycles. The van der Waals surface area contributed by atoms with Crippen molar-refractivity contribution in [3.8, 4) is 16.9 Å². The van der Waals surface area contributed by atoms with Crippen molar-refractivity contribution < 1.29 is 27.7 Å². The van der Waals surface area contributed by atoms with E-state index < -0.39 is 40.8 Å². The van der Waals surface area contributed by atoms with Crippen molar-refractivity contribution in [2.45, 2.75) is 58.4 Å². The summed E-state index contributed by atoms with van der Waals surface area (Å²) in [6.07, 6.45) is 1.38. The number of ether oxygens (including phenoxy) is 1. The number of H-pyrrole nitrogens is 1. The predicted molar refractivity (Wildman–Crippen MR) is 148 cm³/mol. The van der Waals surface area contributed by atoms with Crippen molar-refractivity contribution in [2.24, 2.45) is 5.41 Å². The number of anilines is 1. The minimum absolute atomic E-state index is 0.0413. The number of nitrogens with zero attached hydrogens (tertiary/aromatic N) is 3. The number of carbonyl (C=O) groups is 2. The minimum Gasteiger partial charge on any atom is -0.493 e. The van der Waals surface area contributed by atoms with E-state index in [1.54, 1.807) is 12.1 Å². The molecule has 1 saturated carbocycles. The van der Waals surface area contributed by atoms with E-state index in [0.29, 0.717) is 29.8 Å². The Bertz CT molecular complexity index is 1660. The smallest absolute Gasteiger partial charge is 0.276 e. The molecular weight excluding hydrogens is 546 g/mol. The number of benzene rings is 2. The Balaban J connectivity index is 1.36. The summed E-state index contributed by atoms with van der Waals surface area (Å²) in [5, 5.41) is 20.6. The van der Waals surface area contributed by atoms with E-state index in [1.165, 1.54) is 0 Å². The summed E-state index contributed by atoms with van der Waals surface area (Å²) in [4.78, 5) is 27.5. The Kier molecular flexibility index (Phi) is 6.78. The van der Waals surface area contributed by atoms with E-state index in [-0.39, 0.29) is 24.0 Å². The van der Waals surface area contributed by atoms with Crippen molar-refractivity contribution in [2.75, 3.05) is 11.9 Å². The van der Waals surface area contributed by atoms with E-state index in [2.05, 4.69) is 31.1 Å². The first-order valence-electron chi connectivity index (χ1n) is 13.8. The van der Waals surface area contributed by atoms with Crippen LogP contribution in [0.5, 0.6) is 5.75 Å². The number of nitrogens with one attached hydrogen (secondary N) is 3. The highest BCUT2D eigenvalue weighted by Gasteiger charge is 2.58. The first-order valence-corrected chi connectivity index (χ1v) is 13.8. The molecule has 0 saturated heterocycles. The predicted octanol–water partition coefficient (Wildman–Crippen LogP) is 5.17. The van der Waals surface area contributed by atoms with Crippen LogP contribution in [-0.2, 0) is 4.79 Å². The highest BCUT2D eigenvalue weighted by atomic mass is 19.2. The van der Waals surface area contributed by atoms with Crippen LogP contribution in [0.15, 0.2) is 41.0 Å². The van der Waals surface area contributed by atoms with Gasteiger partial charge in [-0.05, 0) is 55.6 Å². The van der Waals surface area contributed by atoms with Crippen LogP contribution >= 0.6 is 0 Å². The number of aromatic amines is 1. The van der Waals surface area contributed by atoms with Gasteiger partial charge in [0.15, 0.2) is 17.3 Å². The van der Waals surface area contributed by atoms with Crippen LogP contribution in [0.4, 0.5) is 14.5 Å². The highest BCUT2D eigenvalue weighted by Crippen LogP contribution is 2.61. The van der Waals surface area contributed by atoms with E-state index >= 15 is 0 Å².